The molecule has 0 unspecified atom stereocenters. The SMILES string of the molecule is CCOC(=O)c1ccc(I)c(CCC=O)c1. The first-order valence-electron chi connectivity index (χ1n) is 5.08. The quantitative estimate of drug-likeness (QED) is 0.473. The minimum atomic E-state index is -0.314. The maximum atomic E-state index is 11.5. The highest BCUT2D eigenvalue weighted by Crippen LogP contribution is 2.16. The van der Waals surface area contributed by atoms with Crippen LogP contribution in [0.2, 0.25) is 0 Å². The molecule has 1 rings (SSSR count). The number of esters is 1. The van der Waals surface area contributed by atoms with Crippen molar-refractivity contribution in [2.24, 2.45) is 0 Å². The van der Waals surface area contributed by atoms with Gasteiger partial charge in [0.1, 0.15) is 6.29 Å². The van der Waals surface area contributed by atoms with Gasteiger partial charge in [0, 0.05) is 9.99 Å². The highest BCUT2D eigenvalue weighted by atomic mass is 127. The summed E-state index contributed by atoms with van der Waals surface area (Å²) >= 11 is 2.19. The van der Waals surface area contributed by atoms with Crippen LogP contribution >= 0.6 is 22.6 Å². The van der Waals surface area contributed by atoms with E-state index in [9.17, 15) is 9.59 Å². The smallest absolute Gasteiger partial charge is 0.338 e. The molecule has 0 saturated carbocycles. The van der Waals surface area contributed by atoms with Crippen LogP contribution in [0.15, 0.2) is 18.2 Å². The molecule has 0 aliphatic heterocycles. The molecule has 0 amide bonds. The maximum Gasteiger partial charge on any atom is 0.338 e. The van der Waals surface area contributed by atoms with Crippen LogP contribution in [0.25, 0.3) is 0 Å². The Morgan fingerprint density at radius 2 is 2.25 bits per heavy atom. The second kappa shape index (κ2) is 6.62. The predicted octanol–water partition coefficient (Wildman–Crippen LogP) is 2.60. The Bertz CT molecular complexity index is 388. The molecule has 0 spiro atoms. The molecule has 0 bridgehead atoms. The zero-order valence-electron chi connectivity index (χ0n) is 9.03. The summed E-state index contributed by atoms with van der Waals surface area (Å²) in [7, 11) is 0. The van der Waals surface area contributed by atoms with E-state index >= 15 is 0 Å². The van der Waals surface area contributed by atoms with Crippen molar-refractivity contribution in [3.63, 3.8) is 0 Å². The van der Waals surface area contributed by atoms with E-state index in [4.69, 9.17) is 4.74 Å². The Morgan fingerprint density at radius 1 is 1.50 bits per heavy atom. The third-order valence-corrected chi connectivity index (χ3v) is 3.14. The van der Waals surface area contributed by atoms with Crippen LogP contribution in [0, 0.1) is 3.57 Å². The van der Waals surface area contributed by atoms with Crippen LogP contribution in [-0.4, -0.2) is 18.9 Å². The van der Waals surface area contributed by atoms with Crippen LogP contribution in [0.1, 0.15) is 29.3 Å². The van der Waals surface area contributed by atoms with Crippen molar-refractivity contribution in [3.8, 4) is 0 Å². The number of aryl methyl sites for hydroxylation is 1. The molecule has 0 fully saturated rings. The fraction of sp³-hybridized carbons (Fsp3) is 0.333. The van der Waals surface area contributed by atoms with E-state index in [-0.39, 0.29) is 5.97 Å². The third-order valence-electron chi connectivity index (χ3n) is 2.09. The number of rotatable bonds is 5. The van der Waals surface area contributed by atoms with Crippen molar-refractivity contribution < 1.29 is 14.3 Å². The molecular weight excluding hydrogens is 319 g/mol. The van der Waals surface area contributed by atoms with E-state index < -0.39 is 0 Å². The zero-order valence-corrected chi connectivity index (χ0v) is 11.2. The summed E-state index contributed by atoms with van der Waals surface area (Å²) in [5, 5.41) is 0. The molecule has 1 aromatic carbocycles. The van der Waals surface area contributed by atoms with Gasteiger partial charge in [-0.3, -0.25) is 0 Å². The summed E-state index contributed by atoms with van der Waals surface area (Å²) in [6, 6.07) is 5.40. The maximum absolute atomic E-state index is 11.5. The number of aldehydes is 1. The Hall–Kier alpha value is -0.910. The molecule has 16 heavy (non-hydrogen) atoms. The fourth-order valence-corrected chi connectivity index (χ4v) is 1.93. The van der Waals surface area contributed by atoms with Crippen LogP contribution < -0.4 is 0 Å². The van der Waals surface area contributed by atoms with E-state index in [1.54, 1.807) is 19.1 Å². The number of carbonyl (C=O) groups is 2. The molecule has 0 aliphatic carbocycles. The van der Waals surface area contributed by atoms with Crippen LogP contribution in [0.4, 0.5) is 0 Å². The van der Waals surface area contributed by atoms with Gasteiger partial charge in [0.05, 0.1) is 12.2 Å². The molecule has 0 aliphatic rings. The molecule has 0 heterocycles. The fourth-order valence-electron chi connectivity index (χ4n) is 1.32. The molecule has 0 radical (unpaired) electrons. The average Bonchev–Trinajstić information content (AvgIpc) is 2.28. The molecule has 0 aromatic heterocycles. The number of benzene rings is 1. The summed E-state index contributed by atoms with van der Waals surface area (Å²) < 4.78 is 5.98. The number of halogens is 1. The molecule has 86 valence electrons. The lowest BCUT2D eigenvalue weighted by Gasteiger charge is -2.06. The van der Waals surface area contributed by atoms with Gasteiger partial charge in [-0.15, -0.1) is 0 Å². The van der Waals surface area contributed by atoms with Crippen molar-refractivity contribution in [1.29, 1.82) is 0 Å². The highest BCUT2D eigenvalue weighted by Gasteiger charge is 2.08. The Labute approximate surface area is 108 Å². The monoisotopic (exact) mass is 332 g/mol. The van der Waals surface area contributed by atoms with Crippen molar-refractivity contribution >= 4 is 34.8 Å². The van der Waals surface area contributed by atoms with Crippen molar-refractivity contribution in [2.45, 2.75) is 19.8 Å². The van der Waals surface area contributed by atoms with Gasteiger partial charge < -0.3 is 9.53 Å². The van der Waals surface area contributed by atoms with Gasteiger partial charge in [0.25, 0.3) is 0 Å². The van der Waals surface area contributed by atoms with E-state index in [0.717, 1.165) is 15.4 Å². The molecule has 0 N–H and O–H groups in total. The number of carbonyl (C=O) groups excluding carboxylic acids is 2. The van der Waals surface area contributed by atoms with Gasteiger partial charge >= 0.3 is 5.97 Å². The van der Waals surface area contributed by atoms with E-state index in [1.165, 1.54) is 0 Å². The minimum Gasteiger partial charge on any atom is -0.462 e. The van der Waals surface area contributed by atoms with Gasteiger partial charge in [0.15, 0.2) is 0 Å². The van der Waals surface area contributed by atoms with E-state index in [0.29, 0.717) is 25.0 Å². The van der Waals surface area contributed by atoms with Crippen molar-refractivity contribution in [2.75, 3.05) is 6.61 Å². The number of hydrogen-bond donors (Lipinski definition) is 0. The molecule has 3 nitrogen and oxygen atoms in total. The molecule has 0 atom stereocenters. The minimum absolute atomic E-state index is 0.314. The second-order valence-electron chi connectivity index (χ2n) is 3.23. The van der Waals surface area contributed by atoms with Crippen molar-refractivity contribution in [3.05, 3.63) is 32.9 Å². The zero-order chi connectivity index (χ0) is 12.0. The number of hydrogen-bond acceptors (Lipinski definition) is 3. The molecule has 4 heteroatoms. The van der Waals surface area contributed by atoms with Crippen molar-refractivity contribution in [1.82, 2.24) is 0 Å². The average molecular weight is 332 g/mol. The predicted molar refractivity (Wildman–Crippen MR) is 69.5 cm³/mol. The summed E-state index contributed by atoms with van der Waals surface area (Å²) in [6.45, 7) is 2.15. The van der Waals surface area contributed by atoms with Gasteiger partial charge in [-0.25, -0.2) is 4.79 Å². The lowest BCUT2D eigenvalue weighted by atomic mass is 10.1. The molecule has 0 saturated heterocycles. The lowest BCUT2D eigenvalue weighted by molar-refractivity contribution is -0.107. The first-order valence-corrected chi connectivity index (χ1v) is 6.16. The first kappa shape index (κ1) is 13.2. The Morgan fingerprint density at radius 3 is 2.88 bits per heavy atom. The van der Waals surface area contributed by atoms with E-state index in [1.807, 2.05) is 6.07 Å². The largest absolute Gasteiger partial charge is 0.462 e. The summed E-state index contributed by atoms with van der Waals surface area (Å²) in [6.07, 6.45) is 2.02. The van der Waals surface area contributed by atoms with E-state index in [2.05, 4.69) is 22.6 Å². The topological polar surface area (TPSA) is 43.4 Å². The second-order valence-corrected chi connectivity index (χ2v) is 4.39. The van der Waals surface area contributed by atoms with Crippen LogP contribution in [0.3, 0.4) is 0 Å². The normalized spacial score (nSPS) is 9.88. The highest BCUT2D eigenvalue weighted by molar-refractivity contribution is 14.1. The van der Waals surface area contributed by atoms with Gasteiger partial charge in [-0.2, -0.15) is 0 Å². The van der Waals surface area contributed by atoms with Gasteiger partial charge in [-0.05, 0) is 59.7 Å². The Kier molecular flexibility index (Phi) is 5.45. The van der Waals surface area contributed by atoms with Crippen LogP contribution in [-0.2, 0) is 16.0 Å². The Balaban J connectivity index is 2.88. The lowest BCUT2D eigenvalue weighted by Crippen LogP contribution is -2.05. The standard InChI is InChI=1S/C12H13IO3/c1-2-16-12(15)10-5-6-11(13)9(8-10)4-3-7-14/h5-8H,2-4H2,1H3. The third kappa shape index (κ3) is 3.59. The van der Waals surface area contributed by atoms with Gasteiger partial charge in [-0.1, -0.05) is 0 Å². The summed E-state index contributed by atoms with van der Waals surface area (Å²) in [4.78, 5) is 21.8. The molecule has 1 aromatic rings. The van der Waals surface area contributed by atoms with Crippen LogP contribution in [0.5, 0.6) is 0 Å². The first-order chi connectivity index (χ1) is 7.69. The molecular formula is C12H13IO3. The summed E-state index contributed by atoms with van der Waals surface area (Å²) in [5.74, 6) is -0.314. The number of ether oxygens (including phenoxy) is 1. The van der Waals surface area contributed by atoms with Gasteiger partial charge in [0.2, 0.25) is 0 Å². The summed E-state index contributed by atoms with van der Waals surface area (Å²) in [5.41, 5.74) is 1.56.